The Morgan fingerprint density at radius 2 is 1.85 bits per heavy atom. The van der Waals surface area contributed by atoms with Gasteiger partial charge in [0, 0.05) is 30.9 Å². The zero-order chi connectivity index (χ0) is 28.9. The second kappa shape index (κ2) is 10.7. The number of hydrogen-bond donors (Lipinski definition) is 2. The lowest BCUT2D eigenvalue weighted by molar-refractivity contribution is 0.0162. The summed E-state index contributed by atoms with van der Waals surface area (Å²) >= 11 is 12.4. The molecule has 1 aromatic carbocycles. The van der Waals surface area contributed by atoms with Gasteiger partial charge in [0.25, 0.3) is 5.91 Å². The normalized spacial score (nSPS) is 21.6. The summed E-state index contributed by atoms with van der Waals surface area (Å²) in [5.41, 5.74) is 0.667. The van der Waals surface area contributed by atoms with E-state index in [-0.39, 0.29) is 41.7 Å². The molecule has 0 radical (unpaired) electrons. The Bertz CT molecular complexity index is 1470. The summed E-state index contributed by atoms with van der Waals surface area (Å²) in [7, 11) is 0. The Morgan fingerprint density at radius 3 is 2.51 bits per heavy atom. The average molecular weight is 601 g/mol. The summed E-state index contributed by atoms with van der Waals surface area (Å²) < 4.78 is 13.5. The summed E-state index contributed by atoms with van der Waals surface area (Å²) in [4.78, 5) is 36.4. The van der Waals surface area contributed by atoms with Gasteiger partial charge in [-0.25, -0.2) is 9.78 Å². The minimum Gasteiger partial charge on any atom is -0.474 e. The standard InChI is InChI=1S/C28H31Cl2N7O4/c1-28(2,3)41-27(39)36-13-15-9-17(36)10-22(15)37-14-16(11-32-37)33-26-31-12-19(25(35-26)40-18-7-8-18)24(38)34-23-20(29)5-4-6-21(23)30/h4-6,11-12,14-15,17-18,22H,7-10,13H2,1-3H3,(H,34,38)(H,31,33,35)/t15-,17-,22?/m0/s1. The molecule has 2 N–H and O–H groups in total. The third-order valence-electron chi connectivity index (χ3n) is 7.33. The van der Waals surface area contributed by atoms with Crippen LogP contribution >= 0.6 is 23.2 Å². The van der Waals surface area contributed by atoms with Crippen LogP contribution in [0.4, 0.5) is 22.1 Å². The van der Waals surface area contributed by atoms with Crippen molar-refractivity contribution in [3.05, 3.63) is 52.4 Å². The van der Waals surface area contributed by atoms with Crippen LogP contribution in [0.3, 0.4) is 0 Å². The number of rotatable bonds is 7. The predicted molar refractivity (Wildman–Crippen MR) is 154 cm³/mol. The van der Waals surface area contributed by atoms with E-state index in [0.717, 1.165) is 25.7 Å². The van der Waals surface area contributed by atoms with Crippen LogP contribution in [0.15, 0.2) is 36.8 Å². The number of ether oxygens (including phenoxy) is 2. The van der Waals surface area contributed by atoms with E-state index in [0.29, 0.717) is 33.9 Å². The molecule has 3 atom stereocenters. The minimum atomic E-state index is -0.516. The first-order valence-electron chi connectivity index (χ1n) is 13.6. The zero-order valence-electron chi connectivity index (χ0n) is 22.9. The van der Waals surface area contributed by atoms with Gasteiger partial charge in [0.1, 0.15) is 17.3 Å². The highest BCUT2D eigenvalue weighted by atomic mass is 35.5. The molecule has 2 saturated carbocycles. The molecule has 216 valence electrons. The van der Waals surface area contributed by atoms with Crippen molar-refractivity contribution in [1.82, 2.24) is 24.6 Å². The molecule has 6 rings (SSSR count). The maximum Gasteiger partial charge on any atom is 0.410 e. The second-order valence-electron chi connectivity index (χ2n) is 11.7. The largest absolute Gasteiger partial charge is 0.474 e. The fourth-order valence-corrected chi connectivity index (χ4v) is 5.81. The molecule has 2 aromatic heterocycles. The number of para-hydroxylation sites is 1. The van der Waals surface area contributed by atoms with Gasteiger partial charge in [0.05, 0.1) is 33.7 Å². The highest BCUT2D eigenvalue weighted by Gasteiger charge is 2.48. The van der Waals surface area contributed by atoms with Crippen LogP contribution in [0.5, 0.6) is 5.88 Å². The van der Waals surface area contributed by atoms with E-state index in [1.54, 1.807) is 24.4 Å². The number of nitrogens with zero attached hydrogens (tertiary/aromatic N) is 5. The molecule has 3 aromatic rings. The third kappa shape index (κ3) is 6.06. The second-order valence-corrected chi connectivity index (χ2v) is 12.5. The molecule has 41 heavy (non-hydrogen) atoms. The monoisotopic (exact) mass is 599 g/mol. The topological polar surface area (TPSA) is 124 Å². The zero-order valence-corrected chi connectivity index (χ0v) is 24.4. The third-order valence-corrected chi connectivity index (χ3v) is 7.96. The first-order chi connectivity index (χ1) is 19.5. The minimum absolute atomic E-state index is 0.00832. The van der Waals surface area contributed by atoms with Gasteiger partial charge in [-0.05, 0) is 58.6 Å². The number of benzene rings is 1. The van der Waals surface area contributed by atoms with Crippen LogP contribution in [0.25, 0.3) is 0 Å². The first-order valence-corrected chi connectivity index (χ1v) is 14.4. The van der Waals surface area contributed by atoms with Gasteiger partial charge in [-0.1, -0.05) is 29.3 Å². The van der Waals surface area contributed by atoms with Gasteiger partial charge in [0.2, 0.25) is 11.8 Å². The summed E-state index contributed by atoms with van der Waals surface area (Å²) in [6.07, 6.45) is 8.33. The number of piperidine rings is 1. The Balaban J connectivity index is 1.13. The lowest BCUT2D eigenvalue weighted by Gasteiger charge is -2.33. The van der Waals surface area contributed by atoms with Crippen molar-refractivity contribution in [3.8, 4) is 5.88 Å². The van der Waals surface area contributed by atoms with E-state index < -0.39 is 11.5 Å². The highest BCUT2D eigenvalue weighted by Crippen LogP contribution is 2.45. The first kappa shape index (κ1) is 27.6. The van der Waals surface area contributed by atoms with Crippen LogP contribution in [0.2, 0.25) is 10.0 Å². The molecule has 3 fully saturated rings. The van der Waals surface area contributed by atoms with Crippen LogP contribution in [0.1, 0.15) is 62.9 Å². The number of anilines is 3. The van der Waals surface area contributed by atoms with E-state index >= 15 is 0 Å². The molecule has 3 aliphatic rings. The highest BCUT2D eigenvalue weighted by molar-refractivity contribution is 6.40. The molecule has 1 aliphatic heterocycles. The predicted octanol–water partition coefficient (Wildman–Crippen LogP) is 6.09. The van der Waals surface area contributed by atoms with E-state index in [1.165, 1.54) is 6.20 Å². The molecular weight excluding hydrogens is 569 g/mol. The van der Waals surface area contributed by atoms with Crippen molar-refractivity contribution in [2.45, 2.75) is 70.2 Å². The number of amides is 2. The molecule has 2 bridgehead atoms. The molecule has 11 nitrogen and oxygen atoms in total. The molecule has 1 unspecified atom stereocenters. The van der Waals surface area contributed by atoms with Gasteiger partial charge in [0.15, 0.2) is 0 Å². The number of likely N-dealkylation sites (tertiary alicyclic amines) is 1. The SMILES string of the molecule is CC(C)(C)OC(=O)N1C[C@@H]2C[C@H]1CC2n1cc(Nc2ncc(C(=O)Nc3c(Cl)cccc3Cl)c(OC3CC3)n2)cn1. The Kier molecular flexibility index (Phi) is 7.19. The van der Waals surface area contributed by atoms with Crippen molar-refractivity contribution in [2.75, 3.05) is 17.2 Å². The lowest BCUT2D eigenvalue weighted by atomic mass is 10.0. The molecular formula is C28H31Cl2N7O4. The van der Waals surface area contributed by atoms with E-state index in [1.807, 2.05) is 36.5 Å². The number of carbonyl (C=O) groups excluding carboxylic acids is 2. The summed E-state index contributed by atoms with van der Waals surface area (Å²) in [6, 6.07) is 5.31. The van der Waals surface area contributed by atoms with E-state index in [2.05, 4.69) is 25.7 Å². The fourth-order valence-electron chi connectivity index (χ4n) is 5.32. The van der Waals surface area contributed by atoms with Crippen molar-refractivity contribution < 1.29 is 19.1 Å². The Labute approximate surface area is 247 Å². The van der Waals surface area contributed by atoms with Crippen molar-refractivity contribution >= 4 is 52.5 Å². The van der Waals surface area contributed by atoms with E-state index in [4.69, 9.17) is 32.7 Å². The van der Waals surface area contributed by atoms with Gasteiger partial charge >= 0.3 is 6.09 Å². The van der Waals surface area contributed by atoms with E-state index in [9.17, 15) is 9.59 Å². The number of nitrogens with one attached hydrogen (secondary N) is 2. The summed E-state index contributed by atoms with van der Waals surface area (Å²) in [5, 5.41) is 11.1. The maximum absolute atomic E-state index is 13.1. The molecule has 13 heteroatoms. The fraction of sp³-hybridized carbons (Fsp3) is 0.464. The van der Waals surface area contributed by atoms with Gasteiger partial charge in [-0.2, -0.15) is 10.1 Å². The quantitative estimate of drug-likeness (QED) is 0.334. The molecule has 2 amide bonds. The Hall–Kier alpha value is -3.57. The Morgan fingerprint density at radius 1 is 1.10 bits per heavy atom. The maximum atomic E-state index is 13.1. The smallest absolute Gasteiger partial charge is 0.410 e. The van der Waals surface area contributed by atoms with Crippen LogP contribution < -0.4 is 15.4 Å². The number of aromatic nitrogens is 4. The number of carbonyl (C=O) groups is 2. The number of hydrogen-bond acceptors (Lipinski definition) is 8. The van der Waals surface area contributed by atoms with Gasteiger partial charge < -0.3 is 25.0 Å². The lowest BCUT2D eigenvalue weighted by Crippen LogP contribution is -2.43. The van der Waals surface area contributed by atoms with Crippen LogP contribution in [-0.2, 0) is 4.74 Å². The van der Waals surface area contributed by atoms with Crippen molar-refractivity contribution in [1.29, 1.82) is 0 Å². The molecule has 0 spiro atoms. The van der Waals surface area contributed by atoms with Crippen LogP contribution in [0, 0.1) is 5.92 Å². The summed E-state index contributed by atoms with van der Waals surface area (Å²) in [5.74, 6) is 0.274. The molecule has 3 heterocycles. The van der Waals surface area contributed by atoms with Gasteiger partial charge in [-0.3, -0.25) is 9.48 Å². The average Bonchev–Trinajstić information content (AvgIpc) is 3.27. The molecule has 1 saturated heterocycles. The summed E-state index contributed by atoms with van der Waals surface area (Å²) in [6.45, 7) is 6.29. The number of halogens is 2. The number of fused-ring (bicyclic) bond motifs is 2. The van der Waals surface area contributed by atoms with Gasteiger partial charge in [-0.15, -0.1) is 0 Å². The molecule has 2 aliphatic carbocycles. The van der Waals surface area contributed by atoms with Crippen molar-refractivity contribution in [3.63, 3.8) is 0 Å². The van der Waals surface area contributed by atoms with Crippen molar-refractivity contribution in [2.24, 2.45) is 5.92 Å². The van der Waals surface area contributed by atoms with Crippen LogP contribution in [-0.4, -0.2) is 60.9 Å².